The van der Waals surface area contributed by atoms with Gasteiger partial charge in [0.1, 0.15) is 0 Å². The monoisotopic (exact) mass is 233 g/mol. The molecular weight excluding hydrogens is 218 g/mol. The predicted octanol–water partition coefficient (Wildman–Crippen LogP) is 3.85. The first-order chi connectivity index (χ1) is 8.81. The van der Waals surface area contributed by atoms with Gasteiger partial charge >= 0.3 is 0 Å². The lowest BCUT2D eigenvalue weighted by molar-refractivity contribution is 1.51. The standard InChI is InChI=1S/C17H15N/c1-3-18-11-15-10-9-14-6-4-5-13-8-7-12(2)16(15)17(13)14/h3-11H,1-2H3/b15-11-,18-3?. The van der Waals surface area contributed by atoms with Gasteiger partial charge in [-0.2, -0.15) is 0 Å². The van der Waals surface area contributed by atoms with Gasteiger partial charge in [-0.3, -0.25) is 4.99 Å². The van der Waals surface area contributed by atoms with E-state index in [0.29, 0.717) is 0 Å². The minimum Gasteiger partial charge on any atom is -0.269 e. The Morgan fingerprint density at radius 2 is 1.61 bits per heavy atom. The zero-order valence-electron chi connectivity index (χ0n) is 10.6. The topological polar surface area (TPSA) is 12.4 Å². The SMILES string of the molecule is CC=N/C=c1/ccc2cccc3ccc(C)c1c32. The molecule has 0 heterocycles. The lowest BCUT2D eigenvalue weighted by Crippen LogP contribution is -2.03. The Kier molecular flexibility index (Phi) is 2.60. The Balaban J connectivity index is 2.59. The van der Waals surface area contributed by atoms with Crippen LogP contribution < -0.4 is 5.22 Å². The molecule has 0 N–H and O–H groups in total. The van der Waals surface area contributed by atoms with Crippen molar-refractivity contribution in [2.45, 2.75) is 13.8 Å². The summed E-state index contributed by atoms with van der Waals surface area (Å²) in [5.41, 5.74) is 1.30. The van der Waals surface area contributed by atoms with E-state index in [4.69, 9.17) is 0 Å². The number of benzene rings is 3. The molecule has 0 fully saturated rings. The van der Waals surface area contributed by atoms with E-state index in [1.807, 2.05) is 19.3 Å². The minimum absolute atomic E-state index is 1.19. The second-order valence-electron chi connectivity index (χ2n) is 4.53. The van der Waals surface area contributed by atoms with Gasteiger partial charge in [0.2, 0.25) is 0 Å². The summed E-state index contributed by atoms with van der Waals surface area (Å²) in [6.45, 7) is 4.10. The van der Waals surface area contributed by atoms with Crippen LogP contribution in [0.5, 0.6) is 0 Å². The van der Waals surface area contributed by atoms with Gasteiger partial charge in [-0.25, -0.2) is 0 Å². The fourth-order valence-corrected chi connectivity index (χ4v) is 2.55. The summed E-state index contributed by atoms with van der Waals surface area (Å²) in [5, 5.41) is 6.44. The number of hydrogen-bond donors (Lipinski definition) is 0. The fourth-order valence-electron chi connectivity index (χ4n) is 2.55. The molecule has 0 aliphatic heterocycles. The lowest BCUT2D eigenvalue weighted by atomic mass is 9.96. The number of rotatable bonds is 1. The summed E-state index contributed by atoms with van der Waals surface area (Å²) in [7, 11) is 0. The highest BCUT2D eigenvalue weighted by atomic mass is 14.6. The van der Waals surface area contributed by atoms with Crippen LogP contribution in [0, 0.1) is 6.92 Å². The summed E-state index contributed by atoms with van der Waals surface area (Å²) in [4.78, 5) is 4.26. The molecule has 3 rings (SSSR count). The molecule has 0 amide bonds. The molecule has 1 heteroatoms. The summed E-state index contributed by atoms with van der Waals surface area (Å²) in [5.74, 6) is 0. The summed E-state index contributed by atoms with van der Waals surface area (Å²) in [6, 6.07) is 15.1. The summed E-state index contributed by atoms with van der Waals surface area (Å²) in [6.07, 6.45) is 3.75. The molecule has 88 valence electrons. The van der Waals surface area contributed by atoms with E-state index >= 15 is 0 Å². The van der Waals surface area contributed by atoms with Crippen molar-refractivity contribution in [3.8, 4) is 0 Å². The molecule has 3 aromatic rings. The van der Waals surface area contributed by atoms with Gasteiger partial charge in [0.25, 0.3) is 0 Å². The van der Waals surface area contributed by atoms with E-state index in [1.54, 1.807) is 0 Å². The average molecular weight is 233 g/mol. The van der Waals surface area contributed by atoms with Gasteiger partial charge in [-0.05, 0) is 41.0 Å². The van der Waals surface area contributed by atoms with Crippen LogP contribution in [0.2, 0.25) is 0 Å². The normalized spacial score (nSPS) is 13.1. The van der Waals surface area contributed by atoms with Crippen molar-refractivity contribution >= 4 is 34.0 Å². The van der Waals surface area contributed by atoms with Crippen molar-refractivity contribution in [2.75, 3.05) is 0 Å². The zero-order chi connectivity index (χ0) is 12.5. The maximum absolute atomic E-state index is 4.26. The quantitative estimate of drug-likeness (QED) is 0.566. The van der Waals surface area contributed by atoms with Crippen LogP contribution in [0.4, 0.5) is 0 Å². The molecule has 0 bridgehead atoms. The van der Waals surface area contributed by atoms with Crippen LogP contribution in [0.3, 0.4) is 0 Å². The largest absolute Gasteiger partial charge is 0.269 e. The minimum atomic E-state index is 1.19. The van der Waals surface area contributed by atoms with E-state index in [-0.39, 0.29) is 0 Å². The molecule has 0 radical (unpaired) electrons. The van der Waals surface area contributed by atoms with E-state index in [9.17, 15) is 0 Å². The number of aliphatic imine (C=N–C) groups is 1. The molecule has 0 saturated carbocycles. The van der Waals surface area contributed by atoms with Gasteiger partial charge in [0, 0.05) is 17.6 Å². The van der Waals surface area contributed by atoms with Gasteiger partial charge < -0.3 is 0 Å². The van der Waals surface area contributed by atoms with Gasteiger partial charge in [0.15, 0.2) is 0 Å². The Bertz CT molecular complexity index is 781. The van der Waals surface area contributed by atoms with Crippen LogP contribution in [0.15, 0.2) is 47.5 Å². The van der Waals surface area contributed by atoms with E-state index in [2.05, 4.69) is 54.4 Å². The smallest absolute Gasteiger partial charge is 0.0342 e. The molecule has 0 atom stereocenters. The van der Waals surface area contributed by atoms with Crippen molar-refractivity contribution in [3.05, 3.63) is 53.2 Å². The van der Waals surface area contributed by atoms with Crippen LogP contribution in [-0.4, -0.2) is 6.21 Å². The Labute approximate surface area is 106 Å². The Hall–Kier alpha value is -2.15. The van der Waals surface area contributed by atoms with Gasteiger partial charge in [0.05, 0.1) is 0 Å². The first kappa shape index (κ1) is 11.0. The highest BCUT2D eigenvalue weighted by Crippen LogP contribution is 2.26. The van der Waals surface area contributed by atoms with Crippen LogP contribution in [0.1, 0.15) is 12.5 Å². The highest BCUT2D eigenvalue weighted by molar-refractivity contribution is 6.11. The van der Waals surface area contributed by atoms with Crippen molar-refractivity contribution in [3.63, 3.8) is 0 Å². The van der Waals surface area contributed by atoms with Crippen LogP contribution in [0.25, 0.3) is 27.7 Å². The van der Waals surface area contributed by atoms with E-state index in [1.165, 1.54) is 32.3 Å². The maximum atomic E-state index is 4.26. The second kappa shape index (κ2) is 4.26. The molecule has 1 nitrogen and oxygen atoms in total. The number of aryl methyl sites for hydroxylation is 1. The fraction of sp³-hybridized carbons (Fsp3) is 0.118. The van der Waals surface area contributed by atoms with Crippen LogP contribution in [-0.2, 0) is 0 Å². The second-order valence-corrected chi connectivity index (χ2v) is 4.53. The first-order valence-electron chi connectivity index (χ1n) is 6.20. The Morgan fingerprint density at radius 3 is 2.33 bits per heavy atom. The van der Waals surface area contributed by atoms with Gasteiger partial charge in [-0.1, -0.05) is 42.5 Å². The predicted molar refractivity (Wildman–Crippen MR) is 80.0 cm³/mol. The summed E-state index contributed by atoms with van der Waals surface area (Å²) >= 11 is 0. The third kappa shape index (κ3) is 1.60. The lowest BCUT2D eigenvalue weighted by Gasteiger charge is -2.08. The molecule has 0 aliphatic carbocycles. The molecule has 0 aliphatic rings. The highest BCUT2D eigenvalue weighted by Gasteiger charge is 2.04. The van der Waals surface area contributed by atoms with E-state index < -0.39 is 0 Å². The zero-order valence-corrected chi connectivity index (χ0v) is 10.6. The molecule has 0 saturated heterocycles. The summed E-state index contributed by atoms with van der Waals surface area (Å²) < 4.78 is 0. The first-order valence-corrected chi connectivity index (χ1v) is 6.20. The molecule has 0 spiro atoms. The molecule has 18 heavy (non-hydrogen) atoms. The van der Waals surface area contributed by atoms with Gasteiger partial charge in [-0.15, -0.1) is 0 Å². The molecular formula is C17H15N. The van der Waals surface area contributed by atoms with Crippen molar-refractivity contribution < 1.29 is 0 Å². The number of hydrogen-bond acceptors (Lipinski definition) is 1. The third-order valence-corrected chi connectivity index (χ3v) is 3.38. The Morgan fingerprint density at radius 1 is 0.889 bits per heavy atom. The third-order valence-electron chi connectivity index (χ3n) is 3.38. The van der Waals surface area contributed by atoms with Crippen molar-refractivity contribution in [1.82, 2.24) is 0 Å². The average Bonchev–Trinajstić information content (AvgIpc) is 2.41. The van der Waals surface area contributed by atoms with Crippen LogP contribution >= 0.6 is 0 Å². The van der Waals surface area contributed by atoms with Crippen molar-refractivity contribution in [1.29, 1.82) is 0 Å². The van der Waals surface area contributed by atoms with E-state index in [0.717, 1.165) is 0 Å². The van der Waals surface area contributed by atoms with Crippen molar-refractivity contribution in [2.24, 2.45) is 4.99 Å². The molecule has 0 aromatic heterocycles. The maximum Gasteiger partial charge on any atom is 0.0342 e. The number of nitrogens with zero attached hydrogens (tertiary/aromatic N) is 1. The molecule has 0 unspecified atom stereocenters. The molecule has 3 aromatic carbocycles.